The fourth-order valence-electron chi connectivity index (χ4n) is 3.45. The van der Waals surface area contributed by atoms with Crippen molar-refractivity contribution >= 4 is 31.6 Å². The third-order valence-corrected chi connectivity index (χ3v) is 7.11. The Hall–Kier alpha value is -3.09. The lowest BCUT2D eigenvalue weighted by Gasteiger charge is -2.21. The van der Waals surface area contributed by atoms with Crippen LogP contribution in [0, 0.1) is 0 Å². The number of amides is 2. The van der Waals surface area contributed by atoms with E-state index in [4.69, 9.17) is 20.2 Å². The summed E-state index contributed by atoms with van der Waals surface area (Å²) in [7, 11) is 0.0672. The van der Waals surface area contributed by atoms with Crippen LogP contribution < -0.4 is 16.4 Å². The Morgan fingerprint density at radius 3 is 2.53 bits per heavy atom. The standard InChI is InChI=1S/C26H43N5O6Si/c1-26(2,3)37-25(34)30-23(32)10-8-9-22-29-21(16-31(22)17-36-13-14-38(5,6)7)19-12-11-18(15-20(19)27)28-24(33)35-4/h11-12,15-16,23,32H,8-10,13-14,17,27H2,1-7H3,(H,28,33)(H,30,34)/t23-/m0/s1. The number of aryl methyl sites for hydroxylation is 1. The number of hydrogen-bond donors (Lipinski definition) is 4. The molecule has 0 aliphatic heterocycles. The lowest BCUT2D eigenvalue weighted by molar-refractivity contribution is 0.0341. The van der Waals surface area contributed by atoms with E-state index in [-0.39, 0.29) is 0 Å². The van der Waals surface area contributed by atoms with E-state index >= 15 is 0 Å². The molecule has 11 nitrogen and oxygen atoms in total. The summed E-state index contributed by atoms with van der Waals surface area (Å²) in [4.78, 5) is 28.2. The monoisotopic (exact) mass is 549 g/mol. The lowest BCUT2D eigenvalue weighted by atomic mass is 10.1. The molecule has 1 aromatic carbocycles. The van der Waals surface area contributed by atoms with Gasteiger partial charge in [-0.15, -0.1) is 0 Å². The van der Waals surface area contributed by atoms with E-state index in [1.807, 2.05) is 10.8 Å². The smallest absolute Gasteiger partial charge is 0.411 e. The zero-order valence-corrected chi connectivity index (χ0v) is 24.6. The number of aromatic nitrogens is 2. The largest absolute Gasteiger partial charge is 0.453 e. The molecule has 1 atom stereocenters. The Labute approximate surface area is 226 Å². The molecule has 0 radical (unpaired) electrons. The second-order valence-corrected chi connectivity index (χ2v) is 17.0. The first-order valence-electron chi connectivity index (χ1n) is 12.7. The molecular weight excluding hydrogens is 506 g/mol. The number of carbonyl (C=O) groups is 2. The lowest BCUT2D eigenvalue weighted by Crippen LogP contribution is -2.39. The molecule has 12 heteroatoms. The zero-order valence-electron chi connectivity index (χ0n) is 23.6. The van der Waals surface area contributed by atoms with Gasteiger partial charge >= 0.3 is 12.2 Å². The molecule has 0 unspecified atom stereocenters. The van der Waals surface area contributed by atoms with Crippen molar-refractivity contribution in [3.8, 4) is 11.3 Å². The number of aliphatic hydroxyl groups is 1. The van der Waals surface area contributed by atoms with Crippen LogP contribution in [0.25, 0.3) is 11.3 Å². The first kappa shape index (κ1) is 31.1. The van der Waals surface area contributed by atoms with E-state index in [1.165, 1.54) is 7.11 Å². The Morgan fingerprint density at radius 2 is 1.92 bits per heavy atom. The average molecular weight is 550 g/mol. The summed E-state index contributed by atoms with van der Waals surface area (Å²) in [5.74, 6) is 0.772. The van der Waals surface area contributed by atoms with Crippen molar-refractivity contribution in [1.82, 2.24) is 14.9 Å². The maximum absolute atomic E-state index is 11.9. The van der Waals surface area contributed by atoms with Gasteiger partial charge in [0.25, 0.3) is 0 Å². The van der Waals surface area contributed by atoms with Gasteiger partial charge in [0.15, 0.2) is 0 Å². The van der Waals surface area contributed by atoms with Crippen LogP contribution in [-0.4, -0.2) is 60.5 Å². The zero-order chi connectivity index (χ0) is 28.5. The van der Waals surface area contributed by atoms with Gasteiger partial charge in [-0.1, -0.05) is 19.6 Å². The molecule has 2 rings (SSSR count). The minimum Gasteiger partial charge on any atom is -0.453 e. The van der Waals surface area contributed by atoms with Gasteiger partial charge in [-0.2, -0.15) is 0 Å². The Kier molecular flexibility index (Phi) is 11.2. The first-order chi connectivity index (χ1) is 17.7. The maximum Gasteiger partial charge on any atom is 0.411 e. The Bertz CT molecular complexity index is 1080. The molecule has 212 valence electrons. The fourth-order valence-corrected chi connectivity index (χ4v) is 4.21. The van der Waals surface area contributed by atoms with Crippen molar-refractivity contribution in [3.63, 3.8) is 0 Å². The van der Waals surface area contributed by atoms with Crippen LogP contribution in [-0.2, 0) is 27.4 Å². The second kappa shape index (κ2) is 13.6. The predicted octanol–water partition coefficient (Wildman–Crippen LogP) is 4.79. The Morgan fingerprint density at radius 1 is 1.21 bits per heavy atom. The van der Waals surface area contributed by atoms with E-state index in [0.29, 0.717) is 55.2 Å². The molecule has 5 N–H and O–H groups in total. The second-order valence-electron chi connectivity index (χ2n) is 11.3. The molecule has 38 heavy (non-hydrogen) atoms. The van der Waals surface area contributed by atoms with Crippen LogP contribution in [0.1, 0.15) is 39.4 Å². The van der Waals surface area contributed by atoms with E-state index in [1.54, 1.807) is 39.0 Å². The van der Waals surface area contributed by atoms with Crippen LogP contribution >= 0.6 is 0 Å². The molecule has 0 fully saturated rings. The number of benzene rings is 1. The number of alkyl carbamates (subject to hydrolysis) is 1. The number of anilines is 2. The fraction of sp³-hybridized carbons (Fsp3) is 0.577. The summed E-state index contributed by atoms with van der Waals surface area (Å²) in [5, 5.41) is 15.3. The van der Waals surface area contributed by atoms with Crippen molar-refractivity contribution in [2.24, 2.45) is 0 Å². The van der Waals surface area contributed by atoms with E-state index in [0.717, 1.165) is 11.9 Å². The molecule has 1 aromatic heterocycles. The van der Waals surface area contributed by atoms with Gasteiger partial charge in [0, 0.05) is 44.2 Å². The average Bonchev–Trinajstić information content (AvgIpc) is 3.17. The molecule has 2 amide bonds. The summed E-state index contributed by atoms with van der Waals surface area (Å²) in [6, 6.07) is 6.21. The molecule has 0 bridgehead atoms. The molecule has 0 spiro atoms. The quantitative estimate of drug-likeness (QED) is 0.128. The number of carbonyl (C=O) groups excluding carboxylic acids is 2. The number of rotatable bonds is 12. The Balaban J connectivity index is 2.12. The van der Waals surface area contributed by atoms with Gasteiger partial charge in [-0.05, 0) is 57.9 Å². The third kappa shape index (κ3) is 11.1. The number of aliphatic hydroxyl groups excluding tert-OH is 1. The SMILES string of the molecule is COC(=O)Nc1ccc(-c2cn(COCC[Si](C)(C)C)c(CCC[C@H](O)NC(=O)OC(C)(C)C)n2)c(N)c1. The number of nitrogens with zero attached hydrogens (tertiary/aromatic N) is 2. The molecule has 1 heterocycles. The van der Waals surface area contributed by atoms with Crippen molar-refractivity contribution < 1.29 is 28.9 Å². The van der Waals surface area contributed by atoms with Crippen LogP contribution in [0.2, 0.25) is 25.7 Å². The highest BCUT2D eigenvalue weighted by atomic mass is 28.3. The number of imidazole rings is 1. The number of hydrogen-bond acceptors (Lipinski definition) is 8. The number of methoxy groups -OCH3 is 1. The molecule has 0 saturated carbocycles. The van der Waals surface area contributed by atoms with Gasteiger partial charge in [-0.25, -0.2) is 14.6 Å². The minimum absolute atomic E-state index is 0.327. The van der Waals surface area contributed by atoms with Crippen LogP contribution in [0.5, 0.6) is 0 Å². The van der Waals surface area contributed by atoms with Crippen LogP contribution in [0.3, 0.4) is 0 Å². The molecule has 0 saturated heterocycles. The maximum atomic E-state index is 11.9. The van der Waals surface area contributed by atoms with Crippen molar-refractivity contribution in [2.45, 2.75) is 84.3 Å². The highest BCUT2D eigenvalue weighted by molar-refractivity contribution is 6.76. The van der Waals surface area contributed by atoms with Crippen molar-refractivity contribution in [2.75, 3.05) is 24.8 Å². The molecular formula is C26H43N5O6Si. The summed E-state index contributed by atoms with van der Waals surface area (Å²) in [6.07, 6.45) is 1.05. The number of nitrogens with one attached hydrogen (secondary N) is 2. The number of nitrogens with two attached hydrogens (primary N) is 1. The normalized spacial score (nSPS) is 12.6. The summed E-state index contributed by atoms with van der Waals surface area (Å²) in [6.45, 7) is 13.2. The van der Waals surface area contributed by atoms with Gasteiger partial charge in [0.2, 0.25) is 0 Å². The molecule has 2 aromatic rings. The summed E-state index contributed by atoms with van der Waals surface area (Å²) in [5.41, 5.74) is 7.98. The molecule has 0 aliphatic rings. The first-order valence-corrected chi connectivity index (χ1v) is 16.4. The highest BCUT2D eigenvalue weighted by Gasteiger charge is 2.19. The summed E-state index contributed by atoms with van der Waals surface area (Å²) < 4.78 is 17.7. The van der Waals surface area contributed by atoms with Gasteiger partial charge in [-0.3, -0.25) is 10.6 Å². The van der Waals surface area contributed by atoms with Crippen molar-refractivity contribution in [3.05, 3.63) is 30.2 Å². The van der Waals surface area contributed by atoms with Gasteiger partial charge < -0.3 is 29.6 Å². The van der Waals surface area contributed by atoms with Crippen LogP contribution in [0.4, 0.5) is 21.0 Å². The third-order valence-electron chi connectivity index (χ3n) is 5.41. The highest BCUT2D eigenvalue weighted by Crippen LogP contribution is 2.28. The summed E-state index contributed by atoms with van der Waals surface area (Å²) >= 11 is 0. The number of ether oxygens (including phenoxy) is 3. The topological polar surface area (TPSA) is 150 Å². The van der Waals surface area contributed by atoms with E-state index < -0.39 is 32.1 Å². The van der Waals surface area contributed by atoms with Crippen LogP contribution in [0.15, 0.2) is 24.4 Å². The van der Waals surface area contributed by atoms with Gasteiger partial charge in [0.05, 0.1) is 12.8 Å². The molecule has 0 aliphatic carbocycles. The number of nitrogen functional groups attached to an aromatic ring is 1. The minimum atomic E-state index is -1.22. The van der Waals surface area contributed by atoms with Gasteiger partial charge in [0.1, 0.15) is 24.4 Å². The van der Waals surface area contributed by atoms with Crippen molar-refractivity contribution in [1.29, 1.82) is 0 Å². The predicted molar refractivity (Wildman–Crippen MR) is 151 cm³/mol. The van der Waals surface area contributed by atoms with E-state index in [9.17, 15) is 14.7 Å². The van der Waals surface area contributed by atoms with E-state index in [2.05, 4.69) is 35.0 Å².